The predicted molar refractivity (Wildman–Crippen MR) is 42.3 cm³/mol. The Kier molecular flexibility index (Phi) is 2.05. The van der Waals surface area contributed by atoms with Crippen molar-refractivity contribution in [1.29, 1.82) is 0 Å². The topological polar surface area (TPSA) is 46.5 Å². The van der Waals surface area contributed by atoms with Crippen LogP contribution in [0, 0.1) is 17.8 Å². The molecule has 0 aromatic carbocycles. The van der Waals surface area contributed by atoms with E-state index in [1.165, 1.54) is 25.7 Å². The van der Waals surface area contributed by atoms with Crippen LogP contribution in [0.25, 0.3) is 0 Å². The van der Waals surface area contributed by atoms with Crippen molar-refractivity contribution in [3.05, 3.63) is 0 Å². The number of carbonyl (C=O) groups is 1. The van der Waals surface area contributed by atoms with Gasteiger partial charge >= 0.3 is 5.97 Å². The van der Waals surface area contributed by atoms with E-state index in [2.05, 4.69) is 4.89 Å². The second-order valence-corrected chi connectivity index (χ2v) is 4.10. The van der Waals surface area contributed by atoms with Crippen LogP contribution >= 0.6 is 0 Å². The van der Waals surface area contributed by atoms with E-state index in [4.69, 9.17) is 5.26 Å². The van der Waals surface area contributed by atoms with E-state index in [9.17, 15) is 4.79 Å². The first-order chi connectivity index (χ1) is 5.79. The van der Waals surface area contributed by atoms with Gasteiger partial charge in [0.15, 0.2) is 0 Å². The lowest BCUT2D eigenvalue weighted by molar-refractivity contribution is -0.235. The lowest BCUT2D eigenvalue weighted by atomic mass is 9.86. The van der Waals surface area contributed by atoms with Gasteiger partial charge < -0.3 is 4.89 Å². The molecule has 2 rings (SSSR count). The minimum Gasteiger partial charge on any atom is -0.301 e. The molecule has 0 aromatic heterocycles. The summed E-state index contributed by atoms with van der Waals surface area (Å²) >= 11 is 0. The van der Waals surface area contributed by atoms with Crippen LogP contribution in [0.1, 0.15) is 32.1 Å². The normalized spacial score (nSPS) is 38.6. The van der Waals surface area contributed by atoms with Gasteiger partial charge in [-0.15, -0.1) is 0 Å². The Morgan fingerprint density at radius 1 is 1.42 bits per heavy atom. The first-order valence-corrected chi connectivity index (χ1v) is 4.64. The van der Waals surface area contributed by atoms with Crippen molar-refractivity contribution in [3.8, 4) is 0 Å². The molecule has 1 N–H and O–H groups in total. The number of fused-ring (bicyclic) bond motifs is 2. The van der Waals surface area contributed by atoms with Gasteiger partial charge in [0.25, 0.3) is 0 Å². The maximum atomic E-state index is 10.8. The number of hydrogen-bond donors (Lipinski definition) is 1. The third-order valence-corrected chi connectivity index (χ3v) is 3.42. The Morgan fingerprint density at radius 3 is 2.75 bits per heavy atom. The zero-order valence-corrected chi connectivity index (χ0v) is 7.03. The highest BCUT2D eigenvalue weighted by Gasteiger charge is 2.40. The molecule has 12 heavy (non-hydrogen) atoms. The second-order valence-electron chi connectivity index (χ2n) is 4.10. The van der Waals surface area contributed by atoms with Gasteiger partial charge in [0.05, 0.1) is 6.42 Å². The minimum absolute atomic E-state index is 0.414. The second kappa shape index (κ2) is 3.05. The Hall–Kier alpha value is -0.570. The van der Waals surface area contributed by atoms with E-state index in [1.807, 2.05) is 0 Å². The lowest BCUT2D eigenvalue weighted by Gasteiger charge is -2.19. The summed E-state index contributed by atoms with van der Waals surface area (Å²) < 4.78 is 0. The smallest absolute Gasteiger partial charge is 0.301 e. The molecule has 2 saturated carbocycles. The van der Waals surface area contributed by atoms with E-state index in [-0.39, 0.29) is 0 Å². The zero-order chi connectivity index (χ0) is 8.55. The molecule has 2 fully saturated rings. The summed E-state index contributed by atoms with van der Waals surface area (Å²) in [5.41, 5.74) is 0. The largest absolute Gasteiger partial charge is 0.342 e. The van der Waals surface area contributed by atoms with Crippen LogP contribution in [0.15, 0.2) is 0 Å². The van der Waals surface area contributed by atoms with Crippen LogP contribution in [-0.2, 0) is 9.68 Å². The Balaban J connectivity index is 1.86. The molecule has 0 radical (unpaired) electrons. The molecule has 0 amide bonds. The van der Waals surface area contributed by atoms with E-state index in [1.54, 1.807) is 0 Å². The molecule has 3 nitrogen and oxygen atoms in total. The maximum Gasteiger partial charge on any atom is 0.342 e. The highest BCUT2D eigenvalue weighted by Crippen LogP contribution is 2.49. The number of hydrogen-bond acceptors (Lipinski definition) is 3. The highest BCUT2D eigenvalue weighted by molar-refractivity contribution is 5.68. The molecule has 3 heteroatoms. The number of rotatable bonds is 2. The van der Waals surface area contributed by atoms with Crippen LogP contribution in [0.3, 0.4) is 0 Å². The average Bonchev–Trinajstić information content (AvgIpc) is 2.64. The van der Waals surface area contributed by atoms with Gasteiger partial charge in [-0.2, -0.15) is 5.26 Å². The molecular formula is C9H14O3. The van der Waals surface area contributed by atoms with Gasteiger partial charge in [-0.1, -0.05) is 6.42 Å². The van der Waals surface area contributed by atoms with Gasteiger partial charge in [0.2, 0.25) is 0 Å². The van der Waals surface area contributed by atoms with Crippen molar-refractivity contribution in [2.75, 3.05) is 0 Å². The van der Waals surface area contributed by atoms with Crippen LogP contribution in [0.2, 0.25) is 0 Å². The van der Waals surface area contributed by atoms with Crippen LogP contribution in [-0.4, -0.2) is 11.2 Å². The summed E-state index contributed by atoms with van der Waals surface area (Å²) in [5, 5.41) is 8.12. The summed E-state index contributed by atoms with van der Waals surface area (Å²) in [5.74, 6) is 1.61. The standard InChI is InChI=1S/C9H14O3/c10-9(12-11)5-8-4-6-1-2-7(8)3-6/h6-8,11H,1-5H2. The Bertz CT molecular complexity index is 190. The van der Waals surface area contributed by atoms with Crippen LogP contribution < -0.4 is 0 Å². The fourth-order valence-corrected chi connectivity index (χ4v) is 2.88. The van der Waals surface area contributed by atoms with Gasteiger partial charge in [-0.05, 0) is 37.0 Å². The molecule has 0 saturated heterocycles. The van der Waals surface area contributed by atoms with Crippen molar-refractivity contribution in [2.24, 2.45) is 17.8 Å². The first kappa shape index (κ1) is 8.05. The number of carbonyl (C=O) groups excluding carboxylic acids is 1. The highest BCUT2D eigenvalue weighted by atomic mass is 17.1. The average molecular weight is 170 g/mol. The first-order valence-electron chi connectivity index (χ1n) is 4.64. The van der Waals surface area contributed by atoms with E-state index in [0.29, 0.717) is 12.3 Å². The molecule has 0 aliphatic heterocycles. The minimum atomic E-state index is -0.465. The molecule has 2 aliphatic rings. The molecule has 0 spiro atoms. The van der Waals surface area contributed by atoms with Crippen molar-refractivity contribution < 1.29 is 14.9 Å². The van der Waals surface area contributed by atoms with Crippen molar-refractivity contribution in [1.82, 2.24) is 0 Å². The van der Waals surface area contributed by atoms with E-state index >= 15 is 0 Å². The predicted octanol–water partition coefficient (Wildman–Crippen LogP) is 1.83. The van der Waals surface area contributed by atoms with Gasteiger partial charge in [0.1, 0.15) is 0 Å². The molecule has 2 aliphatic carbocycles. The SMILES string of the molecule is O=C(CC1CC2CCC1C2)OO. The molecule has 2 bridgehead atoms. The quantitative estimate of drug-likeness (QED) is 0.508. The van der Waals surface area contributed by atoms with Gasteiger partial charge in [0, 0.05) is 0 Å². The fraction of sp³-hybridized carbons (Fsp3) is 0.889. The summed E-state index contributed by atoms with van der Waals surface area (Å²) in [6, 6.07) is 0. The third kappa shape index (κ3) is 1.33. The summed E-state index contributed by atoms with van der Waals surface area (Å²) in [6.07, 6.45) is 5.49. The maximum absolute atomic E-state index is 10.8. The summed E-state index contributed by atoms with van der Waals surface area (Å²) in [6.45, 7) is 0. The monoisotopic (exact) mass is 170 g/mol. The molecule has 3 unspecified atom stereocenters. The Labute approximate surface area is 71.6 Å². The van der Waals surface area contributed by atoms with Crippen LogP contribution in [0.4, 0.5) is 0 Å². The van der Waals surface area contributed by atoms with E-state index in [0.717, 1.165) is 11.8 Å². The van der Waals surface area contributed by atoms with Crippen LogP contribution in [0.5, 0.6) is 0 Å². The van der Waals surface area contributed by atoms with Gasteiger partial charge in [-0.25, -0.2) is 4.79 Å². The third-order valence-electron chi connectivity index (χ3n) is 3.42. The fourth-order valence-electron chi connectivity index (χ4n) is 2.88. The van der Waals surface area contributed by atoms with Crippen molar-refractivity contribution in [2.45, 2.75) is 32.1 Å². The lowest BCUT2D eigenvalue weighted by Crippen LogP contribution is -2.15. The molecule has 0 heterocycles. The van der Waals surface area contributed by atoms with E-state index < -0.39 is 5.97 Å². The van der Waals surface area contributed by atoms with Gasteiger partial charge in [-0.3, -0.25) is 0 Å². The molecule has 3 atom stereocenters. The van der Waals surface area contributed by atoms with Crippen molar-refractivity contribution in [3.63, 3.8) is 0 Å². The van der Waals surface area contributed by atoms with Crippen molar-refractivity contribution >= 4 is 5.97 Å². The molecular weight excluding hydrogens is 156 g/mol. The Morgan fingerprint density at radius 2 is 2.25 bits per heavy atom. The summed E-state index contributed by atoms with van der Waals surface area (Å²) in [4.78, 5) is 14.5. The summed E-state index contributed by atoms with van der Waals surface area (Å²) in [7, 11) is 0. The molecule has 0 aromatic rings. The molecule has 68 valence electrons. The zero-order valence-electron chi connectivity index (χ0n) is 7.03.